The van der Waals surface area contributed by atoms with E-state index >= 15 is 0 Å². The molecule has 1 fully saturated rings. The summed E-state index contributed by atoms with van der Waals surface area (Å²) in [6, 6.07) is 0. The summed E-state index contributed by atoms with van der Waals surface area (Å²) in [5.74, 6) is 1.43. The fourth-order valence-electron chi connectivity index (χ4n) is 3.62. The molecule has 0 aromatic rings. The zero-order valence-corrected chi connectivity index (χ0v) is 13.6. The highest BCUT2D eigenvalue weighted by atomic mass is 16.1. The first-order valence-electron chi connectivity index (χ1n) is 7.96. The van der Waals surface area contributed by atoms with E-state index in [2.05, 4.69) is 34.6 Å². The van der Waals surface area contributed by atoms with E-state index in [0.717, 1.165) is 45.1 Å². The van der Waals surface area contributed by atoms with Crippen LogP contribution in [-0.2, 0) is 4.79 Å². The first-order chi connectivity index (χ1) is 8.72. The van der Waals surface area contributed by atoms with Crippen molar-refractivity contribution in [2.75, 3.05) is 6.54 Å². The van der Waals surface area contributed by atoms with E-state index in [-0.39, 0.29) is 16.7 Å². The molecule has 112 valence electrons. The maximum atomic E-state index is 12.8. The molecule has 2 N–H and O–H groups in total. The summed E-state index contributed by atoms with van der Waals surface area (Å²) in [6.45, 7) is 11.8. The van der Waals surface area contributed by atoms with E-state index < -0.39 is 0 Å². The molecular formula is C17H33NO. The Morgan fingerprint density at radius 2 is 1.63 bits per heavy atom. The Hall–Kier alpha value is -0.370. The average Bonchev–Trinajstić information content (AvgIpc) is 2.37. The third-order valence-electron chi connectivity index (χ3n) is 5.10. The SMILES string of the molecule is CCC(C)(C)CC(C)(C)C(=O)C1CCC(CN)CC1. The fourth-order valence-corrected chi connectivity index (χ4v) is 3.62. The lowest BCUT2D eigenvalue weighted by molar-refractivity contribution is -0.134. The van der Waals surface area contributed by atoms with Crippen molar-refractivity contribution >= 4 is 5.78 Å². The molecule has 0 bridgehead atoms. The lowest BCUT2D eigenvalue weighted by Gasteiger charge is -2.37. The molecule has 0 radical (unpaired) electrons. The van der Waals surface area contributed by atoms with Crippen molar-refractivity contribution in [2.45, 2.75) is 73.1 Å². The van der Waals surface area contributed by atoms with Crippen LogP contribution in [-0.4, -0.2) is 12.3 Å². The molecule has 0 aromatic heterocycles. The van der Waals surface area contributed by atoms with E-state index in [9.17, 15) is 4.79 Å². The molecule has 0 aromatic carbocycles. The molecule has 0 saturated heterocycles. The highest BCUT2D eigenvalue weighted by molar-refractivity contribution is 5.86. The largest absolute Gasteiger partial charge is 0.330 e. The number of carbonyl (C=O) groups is 1. The number of nitrogens with two attached hydrogens (primary N) is 1. The Kier molecular flexibility index (Phi) is 5.61. The monoisotopic (exact) mass is 267 g/mol. The van der Waals surface area contributed by atoms with E-state index in [4.69, 9.17) is 5.73 Å². The molecule has 2 nitrogen and oxygen atoms in total. The van der Waals surface area contributed by atoms with Gasteiger partial charge in [-0.05, 0) is 50.0 Å². The van der Waals surface area contributed by atoms with Gasteiger partial charge in [-0.25, -0.2) is 0 Å². The van der Waals surface area contributed by atoms with Crippen LogP contribution in [0.25, 0.3) is 0 Å². The van der Waals surface area contributed by atoms with Crippen LogP contribution >= 0.6 is 0 Å². The van der Waals surface area contributed by atoms with Gasteiger partial charge in [0, 0.05) is 11.3 Å². The Morgan fingerprint density at radius 1 is 1.11 bits per heavy atom. The van der Waals surface area contributed by atoms with Crippen molar-refractivity contribution in [2.24, 2.45) is 28.4 Å². The maximum Gasteiger partial charge on any atom is 0.141 e. The van der Waals surface area contributed by atoms with Crippen LogP contribution in [0, 0.1) is 22.7 Å². The highest BCUT2D eigenvalue weighted by Crippen LogP contribution is 2.41. The van der Waals surface area contributed by atoms with Crippen LogP contribution in [0.3, 0.4) is 0 Å². The average molecular weight is 267 g/mol. The summed E-state index contributed by atoms with van der Waals surface area (Å²) in [5.41, 5.74) is 5.80. The van der Waals surface area contributed by atoms with Gasteiger partial charge in [-0.3, -0.25) is 4.79 Å². The van der Waals surface area contributed by atoms with Gasteiger partial charge in [-0.1, -0.05) is 41.0 Å². The van der Waals surface area contributed by atoms with Crippen LogP contribution < -0.4 is 5.73 Å². The topological polar surface area (TPSA) is 43.1 Å². The molecule has 0 spiro atoms. The van der Waals surface area contributed by atoms with Gasteiger partial charge in [0.1, 0.15) is 5.78 Å². The molecule has 1 saturated carbocycles. The zero-order chi connectivity index (χ0) is 14.7. The molecular weight excluding hydrogens is 234 g/mol. The third kappa shape index (κ3) is 4.59. The minimum Gasteiger partial charge on any atom is -0.330 e. The predicted octanol–water partition coefficient (Wildman–Crippen LogP) is 4.17. The maximum absolute atomic E-state index is 12.8. The number of hydrogen-bond donors (Lipinski definition) is 1. The van der Waals surface area contributed by atoms with Crippen LogP contribution in [0.5, 0.6) is 0 Å². The van der Waals surface area contributed by atoms with Crippen molar-refractivity contribution in [3.05, 3.63) is 0 Å². The molecule has 19 heavy (non-hydrogen) atoms. The van der Waals surface area contributed by atoms with Gasteiger partial charge in [-0.2, -0.15) is 0 Å². The van der Waals surface area contributed by atoms with Gasteiger partial charge < -0.3 is 5.73 Å². The van der Waals surface area contributed by atoms with Gasteiger partial charge in [0.05, 0.1) is 0 Å². The summed E-state index contributed by atoms with van der Waals surface area (Å²) in [6.07, 6.45) is 6.50. The minimum atomic E-state index is -0.181. The van der Waals surface area contributed by atoms with Crippen molar-refractivity contribution in [3.8, 4) is 0 Å². The van der Waals surface area contributed by atoms with Crippen molar-refractivity contribution in [1.82, 2.24) is 0 Å². The molecule has 0 unspecified atom stereocenters. The van der Waals surface area contributed by atoms with Crippen LogP contribution in [0.4, 0.5) is 0 Å². The molecule has 0 heterocycles. The fraction of sp³-hybridized carbons (Fsp3) is 0.941. The summed E-state index contributed by atoms with van der Waals surface area (Å²) in [5, 5.41) is 0. The van der Waals surface area contributed by atoms with Gasteiger partial charge in [-0.15, -0.1) is 0 Å². The normalized spacial score (nSPS) is 25.4. The Labute approximate surface area is 119 Å². The Balaban J connectivity index is 2.61. The summed E-state index contributed by atoms with van der Waals surface area (Å²) in [7, 11) is 0. The quantitative estimate of drug-likeness (QED) is 0.784. The lowest BCUT2D eigenvalue weighted by Crippen LogP contribution is -2.37. The number of Topliss-reactive ketones (excluding diaryl/α,β-unsaturated/α-hetero) is 1. The second-order valence-electron chi connectivity index (χ2n) is 7.90. The second-order valence-corrected chi connectivity index (χ2v) is 7.90. The van der Waals surface area contributed by atoms with Crippen molar-refractivity contribution < 1.29 is 4.79 Å². The predicted molar refractivity (Wildman–Crippen MR) is 82.0 cm³/mol. The summed E-state index contributed by atoms with van der Waals surface area (Å²) in [4.78, 5) is 12.8. The van der Waals surface area contributed by atoms with Crippen molar-refractivity contribution in [3.63, 3.8) is 0 Å². The van der Waals surface area contributed by atoms with E-state index in [1.54, 1.807) is 0 Å². The molecule has 0 aliphatic heterocycles. The van der Waals surface area contributed by atoms with Gasteiger partial charge >= 0.3 is 0 Å². The standard InChI is InChI=1S/C17H33NO/c1-6-16(2,3)12-17(4,5)15(19)14-9-7-13(11-18)8-10-14/h13-14H,6-12,18H2,1-5H3. The number of carbonyl (C=O) groups excluding carboxylic acids is 1. The molecule has 1 aliphatic rings. The molecule has 2 heteroatoms. The lowest BCUT2D eigenvalue weighted by atomic mass is 9.66. The van der Waals surface area contributed by atoms with E-state index in [0.29, 0.717) is 11.7 Å². The molecule has 0 atom stereocenters. The number of ketones is 1. The zero-order valence-electron chi connectivity index (χ0n) is 13.6. The van der Waals surface area contributed by atoms with E-state index in [1.165, 1.54) is 0 Å². The minimum absolute atomic E-state index is 0.181. The third-order valence-corrected chi connectivity index (χ3v) is 5.10. The summed E-state index contributed by atoms with van der Waals surface area (Å²) < 4.78 is 0. The smallest absolute Gasteiger partial charge is 0.141 e. The molecule has 1 aliphatic carbocycles. The van der Waals surface area contributed by atoms with Gasteiger partial charge in [0.2, 0.25) is 0 Å². The first-order valence-corrected chi connectivity index (χ1v) is 7.96. The van der Waals surface area contributed by atoms with Crippen LogP contribution in [0.2, 0.25) is 0 Å². The number of rotatable bonds is 6. The molecule has 1 rings (SSSR count). The van der Waals surface area contributed by atoms with Gasteiger partial charge in [0.15, 0.2) is 0 Å². The number of hydrogen-bond acceptors (Lipinski definition) is 2. The van der Waals surface area contributed by atoms with E-state index in [1.807, 2.05) is 0 Å². The highest BCUT2D eigenvalue weighted by Gasteiger charge is 2.38. The van der Waals surface area contributed by atoms with Crippen LogP contribution in [0.15, 0.2) is 0 Å². The Bertz CT molecular complexity index is 298. The second kappa shape index (κ2) is 6.39. The Morgan fingerprint density at radius 3 is 2.05 bits per heavy atom. The van der Waals surface area contributed by atoms with Crippen LogP contribution in [0.1, 0.15) is 73.1 Å². The summed E-state index contributed by atoms with van der Waals surface area (Å²) >= 11 is 0. The van der Waals surface area contributed by atoms with Crippen molar-refractivity contribution in [1.29, 1.82) is 0 Å². The van der Waals surface area contributed by atoms with Gasteiger partial charge in [0.25, 0.3) is 0 Å². The first kappa shape index (κ1) is 16.7. The molecule has 0 amide bonds.